The smallest absolute Gasteiger partial charge is 0.269 e. The number of fused-ring (bicyclic) bond motifs is 1. The van der Waals surface area contributed by atoms with Gasteiger partial charge in [-0.15, -0.1) is 11.3 Å². The van der Waals surface area contributed by atoms with Gasteiger partial charge in [-0.2, -0.15) is 0 Å². The number of non-ortho nitro benzene ring substituents is 1. The third-order valence-electron chi connectivity index (χ3n) is 6.66. The van der Waals surface area contributed by atoms with E-state index in [0.29, 0.717) is 23.8 Å². The van der Waals surface area contributed by atoms with Crippen molar-refractivity contribution in [1.29, 1.82) is 0 Å². The molecule has 3 heterocycles. The van der Waals surface area contributed by atoms with Crippen molar-refractivity contribution in [3.63, 3.8) is 0 Å². The monoisotopic (exact) mass is 485 g/mol. The van der Waals surface area contributed by atoms with E-state index in [9.17, 15) is 20.3 Å². The van der Waals surface area contributed by atoms with Gasteiger partial charge in [0.25, 0.3) is 5.69 Å². The van der Waals surface area contributed by atoms with Crippen LogP contribution < -0.4 is 5.32 Å². The molecule has 1 aromatic carbocycles. The molecule has 9 nitrogen and oxygen atoms in total. The number of aromatic nitrogens is 2. The lowest BCUT2D eigenvalue weighted by molar-refractivity contribution is -0.384. The number of thiophene rings is 1. The van der Waals surface area contributed by atoms with Gasteiger partial charge in [-0.25, -0.2) is 9.97 Å². The number of anilines is 1. The zero-order valence-electron chi connectivity index (χ0n) is 19.7. The van der Waals surface area contributed by atoms with Crippen LogP contribution in [-0.2, 0) is 6.54 Å². The van der Waals surface area contributed by atoms with Crippen molar-refractivity contribution in [3.05, 3.63) is 56.2 Å². The van der Waals surface area contributed by atoms with Gasteiger partial charge < -0.3 is 15.5 Å². The molecule has 182 valence electrons. The van der Waals surface area contributed by atoms with Gasteiger partial charge in [0.2, 0.25) is 0 Å². The second kappa shape index (κ2) is 10.3. The number of likely N-dealkylation sites (tertiary alicyclic amines) is 1. The van der Waals surface area contributed by atoms with E-state index in [1.807, 2.05) is 13.8 Å². The number of aliphatic hydroxyl groups is 2. The minimum absolute atomic E-state index is 0.0527. The van der Waals surface area contributed by atoms with E-state index in [0.717, 1.165) is 39.7 Å². The molecular weight excluding hydrogens is 454 g/mol. The van der Waals surface area contributed by atoms with Gasteiger partial charge in [0, 0.05) is 17.0 Å². The van der Waals surface area contributed by atoms with Crippen LogP contribution in [0.3, 0.4) is 0 Å². The third-order valence-corrected chi connectivity index (χ3v) is 7.76. The van der Waals surface area contributed by atoms with Gasteiger partial charge in [-0.1, -0.05) is 6.92 Å². The Morgan fingerprint density at radius 1 is 1.24 bits per heavy atom. The summed E-state index contributed by atoms with van der Waals surface area (Å²) in [6, 6.07) is 4.96. The zero-order valence-corrected chi connectivity index (χ0v) is 20.5. The number of aryl methyl sites for hydroxylation is 2. The molecule has 0 amide bonds. The lowest BCUT2D eigenvalue weighted by Gasteiger charge is -2.29. The average molecular weight is 486 g/mol. The molecule has 2 aromatic heterocycles. The predicted octanol–water partition coefficient (Wildman–Crippen LogP) is 3.95. The Labute approximate surface area is 202 Å². The van der Waals surface area contributed by atoms with Gasteiger partial charge in [-0.05, 0) is 69.0 Å². The molecule has 1 aliphatic heterocycles. The molecule has 0 aliphatic carbocycles. The molecule has 10 heteroatoms. The number of rotatable bonds is 8. The van der Waals surface area contributed by atoms with E-state index in [1.54, 1.807) is 11.3 Å². The summed E-state index contributed by atoms with van der Waals surface area (Å²) in [4.78, 5) is 24.5. The summed E-state index contributed by atoms with van der Waals surface area (Å²) in [6.07, 6.45) is 1.25. The van der Waals surface area contributed by atoms with Gasteiger partial charge in [0.05, 0.1) is 29.5 Å². The Hall–Kier alpha value is -2.66. The molecule has 3 N–H and O–H groups in total. The SMILES string of the molecule is Cc1sc2nc(CN3CCC(C)CC3)nc(N[C@@H](CO)[C@H](O)c3ccc([N+](=O)[O-])cc3)c2c1C. The molecule has 1 aliphatic rings. The first-order valence-corrected chi connectivity index (χ1v) is 12.4. The van der Waals surface area contributed by atoms with Crippen LogP contribution >= 0.6 is 11.3 Å². The summed E-state index contributed by atoms with van der Waals surface area (Å²) in [5.41, 5.74) is 1.49. The standard InChI is InChI=1S/C24H31N5O4S/c1-14-8-10-28(11-9-14)12-20-26-23(21-15(2)16(3)34-24(21)27-20)25-19(13-30)22(31)17-4-6-18(7-5-17)29(32)33/h4-7,14,19,22,30-31H,8-13H2,1-3H3,(H,25,26,27)/t19-,22+/m0/s1. The molecule has 1 fully saturated rings. The third kappa shape index (κ3) is 5.20. The molecular formula is C24H31N5O4S. The average Bonchev–Trinajstić information content (AvgIpc) is 3.11. The number of nitro benzene ring substituents is 1. The van der Waals surface area contributed by atoms with E-state index in [1.165, 1.54) is 37.1 Å². The Kier molecular flexibility index (Phi) is 7.42. The van der Waals surface area contributed by atoms with Crippen LogP contribution in [0.15, 0.2) is 24.3 Å². The highest BCUT2D eigenvalue weighted by Crippen LogP contribution is 2.35. The van der Waals surface area contributed by atoms with Crippen LogP contribution in [0.25, 0.3) is 10.2 Å². The van der Waals surface area contributed by atoms with Crippen molar-refractivity contribution >= 4 is 33.1 Å². The lowest BCUT2D eigenvalue weighted by atomic mass is 9.99. The molecule has 0 unspecified atom stereocenters. The van der Waals surface area contributed by atoms with Crippen molar-refractivity contribution in [2.24, 2.45) is 5.92 Å². The van der Waals surface area contributed by atoms with Crippen molar-refractivity contribution < 1.29 is 15.1 Å². The van der Waals surface area contributed by atoms with Crippen LogP contribution in [0.4, 0.5) is 11.5 Å². The molecule has 2 atom stereocenters. The maximum atomic E-state index is 10.9. The molecule has 0 spiro atoms. The van der Waals surface area contributed by atoms with Crippen molar-refractivity contribution in [3.8, 4) is 0 Å². The first kappa shape index (κ1) is 24.5. The van der Waals surface area contributed by atoms with E-state index in [-0.39, 0.29) is 12.3 Å². The van der Waals surface area contributed by atoms with Gasteiger partial charge in [-0.3, -0.25) is 15.0 Å². The normalized spacial score (nSPS) is 17.1. The molecule has 4 rings (SSSR count). The minimum atomic E-state index is -1.08. The highest BCUT2D eigenvalue weighted by atomic mass is 32.1. The first-order valence-electron chi connectivity index (χ1n) is 11.6. The minimum Gasteiger partial charge on any atom is -0.394 e. The summed E-state index contributed by atoms with van der Waals surface area (Å²) >= 11 is 1.61. The Morgan fingerprint density at radius 3 is 2.53 bits per heavy atom. The summed E-state index contributed by atoms with van der Waals surface area (Å²) < 4.78 is 0. The molecule has 1 saturated heterocycles. The number of aliphatic hydroxyl groups excluding tert-OH is 2. The van der Waals surface area contributed by atoms with Crippen LogP contribution in [0, 0.1) is 29.9 Å². The van der Waals surface area contributed by atoms with E-state index >= 15 is 0 Å². The molecule has 0 saturated carbocycles. The fraction of sp³-hybridized carbons (Fsp3) is 0.500. The number of piperidine rings is 1. The van der Waals surface area contributed by atoms with Crippen LogP contribution in [0.5, 0.6) is 0 Å². The van der Waals surface area contributed by atoms with Crippen molar-refractivity contribution in [2.75, 3.05) is 25.0 Å². The molecule has 34 heavy (non-hydrogen) atoms. The number of nitrogens with one attached hydrogen (secondary N) is 1. The van der Waals surface area contributed by atoms with E-state index in [4.69, 9.17) is 9.97 Å². The van der Waals surface area contributed by atoms with Gasteiger partial charge in [0.15, 0.2) is 0 Å². The number of hydrogen-bond donors (Lipinski definition) is 3. The predicted molar refractivity (Wildman–Crippen MR) is 133 cm³/mol. The maximum Gasteiger partial charge on any atom is 0.269 e. The summed E-state index contributed by atoms with van der Waals surface area (Å²) in [5.74, 6) is 2.05. The largest absolute Gasteiger partial charge is 0.394 e. The number of nitro groups is 1. The van der Waals surface area contributed by atoms with E-state index < -0.39 is 17.1 Å². The Bertz CT molecular complexity index is 1160. The second-order valence-corrected chi connectivity index (χ2v) is 10.3. The van der Waals surface area contributed by atoms with Crippen molar-refractivity contribution in [2.45, 2.75) is 52.3 Å². The molecule has 3 aromatic rings. The number of benzene rings is 1. The fourth-order valence-electron chi connectivity index (χ4n) is 4.31. The summed E-state index contributed by atoms with van der Waals surface area (Å²) in [6.45, 7) is 8.71. The van der Waals surface area contributed by atoms with Crippen LogP contribution in [0.2, 0.25) is 0 Å². The lowest BCUT2D eigenvalue weighted by Crippen LogP contribution is -2.34. The Morgan fingerprint density at radius 2 is 1.91 bits per heavy atom. The number of hydrogen-bond acceptors (Lipinski definition) is 9. The summed E-state index contributed by atoms with van der Waals surface area (Å²) in [5, 5.41) is 36.1. The zero-order chi connectivity index (χ0) is 24.4. The van der Waals surface area contributed by atoms with Gasteiger partial charge in [0.1, 0.15) is 22.6 Å². The number of nitrogens with zero attached hydrogens (tertiary/aromatic N) is 4. The highest BCUT2D eigenvalue weighted by molar-refractivity contribution is 7.18. The first-order chi connectivity index (χ1) is 16.3. The van der Waals surface area contributed by atoms with Gasteiger partial charge >= 0.3 is 0 Å². The van der Waals surface area contributed by atoms with Crippen molar-refractivity contribution in [1.82, 2.24) is 14.9 Å². The Balaban J connectivity index is 1.62. The van der Waals surface area contributed by atoms with E-state index in [2.05, 4.69) is 17.1 Å². The molecule has 0 bridgehead atoms. The molecule has 0 radical (unpaired) electrons. The fourth-order valence-corrected chi connectivity index (χ4v) is 5.36. The highest BCUT2D eigenvalue weighted by Gasteiger charge is 2.25. The van der Waals surface area contributed by atoms with Crippen LogP contribution in [-0.4, -0.2) is 55.7 Å². The second-order valence-electron chi connectivity index (χ2n) is 9.14. The maximum absolute atomic E-state index is 10.9. The summed E-state index contributed by atoms with van der Waals surface area (Å²) in [7, 11) is 0. The van der Waals surface area contributed by atoms with Crippen LogP contribution in [0.1, 0.15) is 47.7 Å². The quantitative estimate of drug-likeness (QED) is 0.324. The topological polar surface area (TPSA) is 125 Å².